The third-order valence-electron chi connectivity index (χ3n) is 4.76. The molecule has 0 aliphatic heterocycles. The van der Waals surface area contributed by atoms with Crippen LogP contribution in [0.4, 0.5) is 5.69 Å². The van der Waals surface area contributed by atoms with Crippen molar-refractivity contribution in [2.75, 3.05) is 5.32 Å². The van der Waals surface area contributed by atoms with Gasteiger partial charge in [0.2, 0.25) is 0 Å². The van der Waals surface area contributed by atoms with E-state index in [9.17, 15) is 9.59 Å². The van der Waals surface area contributed by atoms with Gasteiger partial charge in [0.1, 0.15) is 5.75 Å². The fraction of sp³-hybridized carbons (Fsp3) is 0.200. The first kappa shape index (κ1) is 21.1. The topological polar surface area (TPSA) is 67.4 Å². The molecule has 30 heavy (non-hydrogen) atoms. The van der Waals surface area contributed by atoms with Crippen molar-refractivity contribution in [1.82, 2.24) is 5.32 Å². The highest BCUT2D eigenvalue weighted by molar-refractivity contribution is 6.04. The highest BCUT2D eigenvalue weighted by Crippen LogP contribution is 2.20. The molecule has 0 spiro atoms. The fourth-order valence-electron chi connectivity index (χ4n) is 3.09. The number of nitrogens with one attached hydrogen (secondary N) is 2. The molecule has 3 aromatic rings. The van der Waals surface area contributed by atoms with E-state index < -0.39 is 6.10 Å². The smallest absolute Gasteiger partial charge is 0.265 e. The number of anilines is 1. The second kappa shape index (κ2) is 10.3. The number of ether oxygens (including phenoxy) is 1. The maximum Gasteiger partial charge on any atom is 0.265 e. The number of para-hydroxylation sites is 2. The van der Waals surface area contributed by atoms with Gasteiger partial charge >= 0.3 is 0 Å². The lowest BCUT2D eigenvalue weighted by Gasteiger charge is -2.19. The Morgan fingerprint density at radius 2 is 1.47 bits per heavy atom. The third kappa shape index (κ3) is 5.47. The molecule has 2 atom stereocenters. The quantitative estimate of drug-likeness (QED) is 0.559. The summed E-state index contributed by atoms with van der Waals surface area (Å²) in [4.78, 5) is 25.7. The second-order valence-corrected chi connectivity index (χ2v) is 6.97. The molecule has 3 rings (SSSR count). The number of benzene rings is 3. The van der Waals surface area contributed by atoms with Crippen molar-refractivity contribution in [1.29, 1.82) is 0 Å². The van der Waals surface area contributed by atoms with Crippen molar-refractivity contribution in [3.05, 3.63) is 96.1 Å². The van der Waals surface area contributed by atoms with E-state index in [1.807, 2.05) is 74.5 Å². The van der Waals surface area contributed by atoms with Crippen molar-refractivity contribution in [3.8, 4) is 5.75 Å². The van der Waals surface area contributed by atoms with E-state index in [0.717, 1.165) is 5.56 Å². The van der Waals surface area contributed by atoms with E-state index in [-0.39, 0.29) is 17.9 Å². The molecule has 0 aliphatic rings. The molecule has 0 bridgehead atoms. The van der Waals surface area contributed by atoms with E-state index in [1.165, 1.54) is 0 Å². The molecule has 5 nitrogen and oxygen atoms in total. The highest BCUT2D eigenvalue weighted by Gasteiger charge is 2.21. The predicted octanol–water partition coefficient (Wildman–Crippen LogP) is 4.97. The summed E-state index contributed by atoms with van der Waals surface area (Å²) in [5.41, 5.74) is 1.87. The van der Waals surface area contributed by atoms with Gasteiger partial charge in [-0.05, 0) is 43.2 Å². The van der Waals surface area contributed by atoms with E-state index in [1.54, 1.807) is 24.3 Å². The number of amides is 2. The molecule has 0 radical (unpaired) electrons. The molecular formula is C25H26N2O3. The standard InChI is InChI=1S/C25H26N2O3/c1-3-23(30-20-14-8-5-9-15-20)25(29)27-22-17-11-10-16-21(22)24(28)26-18(2)19-12-6-4-7-13-19/h4-18,23H,3H2,1-2H3,(H,26,28)(H,27,29)/t18-,23-/m1/s1. The molecule has 154 valence electrons. The van der Waals surface area contributed by atoms with Gasteiger partial charge in [0.05, 0.1) is 17.3 Å². The lowest BCUT2D eigenvalue weighted by atomic mass is 10.1. The van der Waals surface area contributed by atoms with Gasteiger partial charge in [0.15, 0.2) is 6.10 Å². The van der Waals surface area contributed by atoms with Crippen molar-refractivity contribution >= 4 is 17.5 Å². The van der Waals surface area contributed by atoms with Gasteiger partial charge in [-0.15, -0.1) is 0 Å². The molecule has 0 saturated heterocycles. The lowest BCUT2D eigenvalue weighted by Crippen LogP contribution is -2.33. The molecule has 0 saturated carbocycles. The molecule has 0 unspecified atom stereocenters. The number of carbonyl (C=O) groups excluding carboxylic acids is 2. The summed E-state index contributed by atoms with van der Waals surface area (Å²) in [6.07, 6.45) is -0.160. The van der Waals surface area contributed by atoms with Crippen molar-refractivity contribution < 1.29 is 14.3 Å². The molecule has 3 aromatic carbocycles. The summed E-state index contributed by atoms with van der Waals surface area (Å²) in [5, 5.41) is 5.84. The minimum absolute atomic E-state index is 0.160. The van der Waals surface area contributed by atoms with Crippen LogP contribution in [0.1, 0.15) is 42.2 Å². The van der Waals surface area contributed by atoms with Crippen LogP contribution in [0, 0.1) is 0 Å². The van der Waals surface area contributed by atoms with Gasteiger partial charge in [0, 0.05) is 0 Å². The summed E-state index contributed by atoms with van der Waals surface area (Å²) >= 11 is 0. The van der Waals surface area contributed by atoms with Gasteiger partial charge in [0.25, 0.3) is 11.8 Å². The van der Waals surface area contributed by atoms with Gasteiger partial charge in [-0.1, -0.05) is 67.6 Å². The zero-order valence-electron chi connectivity index (χ0n) is 17.2. The van der Waals surface area contributed by atoms with Crippen molar-refractivity contribution in [3.63, 3.8) is 0 Å². The normalized spacial score (nSPS) is 12.5. The first-order valence-electron chi connectivity index (χ1n) is 10.1. The Morgan fingerprint density at radius 1 is 0.867 bits per heavy atom. The molecule has 0 aromatic heterocycles. The predicted molar refractivity (Wildman–Crippen MR) is 119 cm³/mol. The van der Waals surface area contributed by atoms with Gasteiger partial charge in [-0.2, -0.15) is 0 Å². The summed E-state index contributed by atoms with van der Waals surface area (Å²) < 4.78 is 5.81. The highest BCUT2D eigenvalue weighted by atomic mass is 16.5. The summed E-state index contributed by atoms with van der Waals surface area (Å²) in [6.45, 7) is 3.81. The lowest BCUT2D eigenvalue weighted by molar-refractivity contribution is -0.122. The van der Waals surface area contributed by atoms with Crippen LogP contribution in [0.15, 0.2) is 84.9 Å². The number of hydrogen-bond acceptors (Lipinski definition) is 3. The third-order valence-corrected chi connectivity index (χ3v) is 4.76. The Bertz CT molecular complexity index is 974. The molecule has 0 heterocycles. The van der Waals surface area contributed by atoms with E-state index in [0.29, 0.717) is 23.4 Å². The largest absolute Gasteiger partial charge is 0.481 e. The second-order valence-electron chi connectivity index (χ2n) is 6.97. The summed E-state index contributed by atoms with van der Waals surface area (Å²) in [5.74, 6) is 0.0826. The molecule has 5 heteroatoms. The van der Waals surface area contributed by atoms with Crippen LogP contribution in [0.2, 0.25) is 0 Å². The maximum absolute atomic E-state index is 12.9. The number of rotatable bonds is 8. The van der Waals surface area contributed by atoms with Crippen LogP contribution in [0.5, 0.6) is 5.75 Å². The first-order chi connectivity index (χ1) is 14.6. The Kier molecular flexibility index (Phi) is 7.22. The van der Waals surface area contributed by atoms with Crippen LogP contribution in [0.3, 0.4) is 0 Å². The zero-order valence-corrected chi connectivity index (χ0v) is 17.2. The van der Waals surface area contributed by atoms with Crippen molar-refractivity contribution in [2.24, 2.45) is 0 Å². The van der Waals surface area contributed by atoms with Gasteiger partial charge in [-0.25, -0.2) is 0 Å². The maximum atomic E-state index is 12.9. The Labute approximate surface area is 177 Å². The Hall–Kier alpha value is -3.60. The van der Waals surface area contributed by atoms with E-state index in [4.69, 9.17) is 4.74 Å². The van der Waals surface area contributed by atoms with Crippen LogP contribution in [-0.4, -0.2) is 17.9 Å². The molecule has 2 amide bonds. The average molecular weight is 402 g/mol. The Balaban J connectivity index is 1.71. The number of carbonyl (C=O) groups is 2. The zero-order chi connectivity index (χ0) is 21.3. The van der Waals surface area contributed by atoms with Crippen LogP contribution < -0.4 is 15.4 Å². The fourth-order valence-corrected chi connectivity index (χ4v) is 3.09. The SMILES string of the molecule is CC[C@@H](Oc1ccccc1)C(=O)Nc1ccccc1C(=O)N[C@H](C)c1ccccc1. The van der Waals surface area contributed by atoms with Crippen LogP contribution in [-0.2, 0) is 4.79 Å². The number of hydrogen-bond donors (Lipinski definition) is 2. The summed E-state index contributed by atoms with van der Waals surface area (Å²) in [7, 11) is 0. The van der Waals surface area contributed by atoms with Crippen LogP contribution in [0.25, 0.3) is 0 Å². The minimum atomic E-state index is -0.660. The average Bonchev–Trinajstić information content (AvgIpc) is 2.79. The molecule has 0 fully saturated rings. The van der Waals surface area contributed by atoms with E-state index in [2.05, 4.69) is 10.6 Å². The monoisotopic (exact) mass is 402 g/mol. The van der Waals surface area contributed by atoms with E-state index >= 15 is 0 Å². The van der Waals surface area contributed by atoms with Crippen molar-refractivity contribution in [2.45, 2.75) is 32.4 Å². The van der Waals surface area contributed by atoms with Crippen LogP contribution >= 0.6 is 0 Å². The van der Waals surface area contributed by atoms with Gasteiger partial charge in [-0.3, -0.25) is 9.59 Å². The van der Waals surface area contributed by atoms with Gasteiger partial charge < -0.3 is 15.4 Å². The minimum Gasteiger partial charge on any atom is -0.481 e. The summed E-state index contributed by atoms with van der Waals surface area (Å²) in [6, 6.07) is 25.8. The molecule has 0 aliphatic carbocycles. The molecule has 2 N–H and O–H groups in total. The Morgan fingerprint density at radius 3 is 2.13 bits per heavy atom. The molecular weight excluding hydrogens is 376 g/mol. The first-order valence-corrected chi connectivity index (χ1v) is 10.1.